The van der Waals surface area contributed by atoms with Gasteiger partial charge < -0.3 is 33.5 Å². The van der Waals surface area contributed by atoms with E-state index in [1.807, 2.05) is 32.0 Å². The zero-order valence-electron chi connectivity index (χ0n) is 41.0. The molecule has 9 heteroatoms. The van der Waals surface area contributed by atoms with E-state index in [1.54, 1.807) is 0 Å². The van der Waals surface area contributed by atoms with Gasteiger partial charge in [0.2, 0.25) is 5.76 Å². The van der Waals surface area contributed by atoms with Crippen LogP contribution < -0.4 is 9.47 Å². The van der Waals surface area contributed by atoms with Crippen molar-refractivity contribution in [2.75, 3.05) is 13.2 Å². The lowest BCUT2D eigenvalue weighted by molar-refractivity contribution is -0.163. The molecule has 1 unspecified atom stereocenters. The number of benzene rings is 1. The van der Waals surface area contributed by atoms with Gasteiger partial charge in [-0.1, -0.05) is 163 Å². The summed E-state index contributed by atoms with van der Waals surface area (Å²) in [6, 6.07) is 5.93. The van der Waals surface area contributed by atoms with Crippen LogP contribution in [0.5, 0.6) is 11.5 Å². The Labute approximate surface area is 383 Å². The van der Waals surface area contributed by atoms with Crippen molar-refractivity contribution >= 4 is 11.9 Å². The third-order valence-corrected chi connectivity index (χ3v) is 13.6. The van der Waals surface area contributed by atoms with E-state index in [-0.39, 0.29) is 23.9 Å². The molecular formula is C54H90O9. The number of carbonyl (C=O) groups is 2. The number of carbonyl (C=O) groups excluding carboxylic acids is 2. The Balaban J connectivity index is 0.910. The molecule has 1 aromatic rings. The van der Waals surface area contributed by atoms with Gasteiger partial charge in [0.1, 0.15) is 23.2 Å². The molecule has 3 aliphatic heterocycles. The predicted octanol–water partition coefficient (Wildman–Crippen LogP) is 14.6. The normalized spacial score (nSPS) is 21.6. The average molecular weight is 883 g/mol. The van der Waals surface area contributed by atoms with Gasteiger partial charge in [-0.15, -0.1) is 0 Å². The fourth-order valence-electron chi connectivity index (χ4n) is 9.54. The highest BCUT2D eigenvalue weighted by Crippen LogP contribution is 2.39. The maximum Gasteiger partial charge on any atom is 0.378 e. The SMILES string of the molecule is CC(C)CCC[C@@H](C)CCC[C@@H](C)CCC[C@]1(C)CCc2cc(OC(=O)CCCCCCCCCCCCCCCCCCOC3=C(O)C(=O)O[C@@H]3C3COC(C)(C)O3)ccc2O1. The first-order chi connectivity index (χ1) is 30.2. The lowest BCUT2D eigenvalue weighted by atomic mass is 9.86. The maximum atomic E-state index is 12.6. The minimum Gasteiger partial charge on any atom is -0.499 e. The molecule has 3 aliphatic rings. The molecule has 5 atom stereocenters. The van der Waals surface area contributed by atoms with Crippen LogP contribution in [-0.4, -0.2) is 53.9 Å². The molecule has 1 aromatic carbocycles. The highest BCUT2D eigenvalue weighted by molar-refractivity contribution is 5.89. The first-order valence-electron chi connectivity index (χ1n) is 25.8. The molecule has 0 radical (unpaired) electrons. The third-order valence-electron chi connectivity index (χ3n) is 13.6. The Bertz CT molecular complexity index is 1500. The Morgan fingerprint density at radius 1 is 0.746 bits per heavy atom. The first kappa shape index (κ1) is 52.8. The Kier molecular flexibility index (Phi) is 23.7. The van der Waals surface area contributed by atoms with Gasteiger partial charge in [-0.2, -0.15) is 0 Å². The predicted molar refractivity (Wildman–Crippen MR) is 253 cm³/mol. The molecule has 9 nitrogen and oxygen atoms in total. The number of fused-ring (bicyclic) bond motifs is 1. The minimum atomic E-state index is -0.768. The zero-order chi connectivity index (χ0) is 45.5. The van der Waals surface area contributed by atoms with Crippen LogP contribution in [0.25, 0.3) is 0 Å². The van der Waals surface area contributed by atoms with E-state index < -0.39 is 29.7 Å². The molecule has 0 saturated carbocycles. The molecule has 0 aromatic heterocycles. The number of cyclic esters (lactones) is 1. The first-order valence-corrected chi connectivity index (χ1v) is 25.8. The van der Waals surface area contributed by atoms with E-state index in [1.165, 1.54) is 122 Å². The number of ether oxygens (including phenoxy) is 6. The Hall–Kier alpha value is -2.78. The lowest BCUT2D eigenvalue weighted by Crippen LogP contribution is -2.36. The summed E-state index contributed by atoms with van der Waals surface area (Å²) in [7, 11) is 0. The fourth-order valence-corrected chi connectivity index (χ4v) is 9.54. The van der Waals surface area contributed by atoms with Crippen LogP contribution in [0, 0.1) is 17.8 Å². The van der Waals surface area contributed by atoms with Crippen molar-refractivity contribution in [1.29, 1.82) is 0 Å². The van der Waals surface area contributed by atoms with Gasteiger partial charge >= 0.3 is 11.9 Å². The van der Waals surface area contributed by atoms with Gasteiger partial charge in [-0.25, -0.2) is 4.79 Å². The van der Waals surface area contributed by atoms with Crippen molar-refractivity contribution in [2.24, 2.45) is 17.8 Å². The largest absolute Gasteiger partial charge is 0.499 e. The molecule has 0 spiro atoms. The highest BCUT2D eigenvalue weighted by atomic mass is 16.8. The van der Waals surface area contributed by atoms with Crippen molar-refractivity contribution in [3.05, 3.63) is 35.3 Å². The lowest BCUT2D eigenvalue weighted by Gasteiger charge is -2.36. The summed E-state index contributed by atoms with van der Waals surface area (Å²) >= 11 is 0. The number of hydrogen-bond acceptors (Lipinski definition) is 9. The van der Waals surface area contributed by atoms with E-state index >= 15 is 0 Å². The topological polar surface area (TPSA) is 110 Å². The van der Waals surface area contributed by atoms with Gasteiger partial charge in [0.15, 0.2) is 17.7 Å². The molecule has 1 N–H and O–H groups in total. The second-order valence-electron chi connectivity index (χ2n) is 20.8. The number of unbranched alkanes of at least 4 members (excludes halogenated alkanes) is 15. The van der Waals surface area contributed by atoms with Gasteiger partial charge in [0.05, 0.1) is 13.2 Å². The molecule has 63 heavy (non-hydrogen) atoms. The summed E-state index contributed by atoms with van der Waals surface area (Å²) in [5.74, 6) is 2.13. The van der Waals surface area contributed by atoms with Crippen molar-refractivity contribution in [3.8, 4) is 11.5 Å². The Morgan fingerprint density at radius 2 is 1.30 bits per heavy atom. The van der Waals surface area contributed by atoms with Crippen molar-refractivity contribution in [2.45, 2.75) is 252 Å². The molecule has 360 valence electrons. The van der Waals surface area contributed by atoms with Crippen molar-refractivity contribution in [1.82, 2.24) is 0 Å². The van der Waals surface area contributed by atoms with Crippen LogP contribution in [0.2, 0.25) is 0 Å². The van der Waals surface area contributed by atoms with Gasteiger partial charge in [0, 0.05) is 6.42 Å². The molecular weight excluding hydrogens is 793 g/mol. The summed E-state index contributed by atoms with van der Waals surface area (Å²) < 4.78 is 34.8. The number of rotatable bonds is 34. The van der Waals surface area contributed by atoms with Crippen LogP contribution in [0.1, 0.15) is 227 Å². The standard InChI is InChI=1S/C54H90O9/c1-41(2)27-24-28-42(3)29-25-30-43(4)31-26-36-54(7)37-35-44-39-45(33-34-46(44)63-54)60-48(55)32-22-20-18-16-14-12-10-8-9-11-13-15-17-19-21-23-38-58-51-49(56)52(57)61-50(51)47-40-59-53(5,6)62-47/h33-34,39,41-43,47,50,56H,8-32,35-38,40H2,1-7H3/t42-,43-,47?,50-,54-/m1/s1. The molecule has 0 bridgehead atoms. The van der Waals surface area contributed by atoms with Crippen molar-refractivity contribution < 1.29 is 43.1 Å². The third kappa shape index (κ3) is 20.5. The number of aliphatic hydroxyl groups excluding tert-OH is 1. The van der Waals surface area contributed by atoms with Crippen LogP contribution in [0.4, 0.5) is 0 Å². The number of esters is 2. The monoisotopic (exact) mass is 883 g/mol. The second-order valence-corrected chi connectivity index (χ2v) is 20.8. The summed E-state index contributed by atoms with van der Waals surface area (Å²) in [5, 5.41) is 10.2. The minimum absolute atomic E-state index is 0.118. The average Bonchev–Trinajstić information content (AvgIpc) is 3.74. The molecule has 0 amide bonds. The smallest absolute Gasteiger partial charge is 0.378 e. The van der Waals surface area contributed by atoms with Crippen LogP contribution in [0.3, 0.4) is 0 Å². The maximum absolute atomic E-state index is 12.6. The zero-order valence-corrected chi connectivity index (χ0v) is 41.0. The number of hydrogen-bond donors (Lipinski definition) is 1. The molecule has 3 heterocycles. The van der Waals surface area contributed by atoms with E-state index in [4.69, 9.17) is 28.4 Å². The van der Waals surface area contributed by atoms with E-state index in [2.05, 4.69) is 34.6 Å². The molecule has 1 fully saturated rings. The van der Waals surface area contributed by atoms with E-state index in [0.717, 1.165) is 80.4 Å². The number of aryl methyl sites for hydroxylation is 1. The van der Waals surface area contributed by atoms with Gasteiger partial charge in [-0.05, 0) is 101 Å². The summed E-state index contributed by atoms with van der Waals surface area (Å²) in [6.07, 6.45) is 32.1. The molecule has 1 saturated heterocycles. The Morgan fingerprint density at radius 3 is 1.87 bits per heavy atom. The van der Waals surface area contributed by atoms with Gasteiger partial charge in [-0.3, -0.25) is 4.79 Å². The van der Waals surface area contributed by atoms with E-state index in [9.17, 15) is 14.7 Å². The summed E-state index contributed by atoms with van der Waals surface area (Å²) in [4.78, 5) is 24.6. The van der Waals surface area contributed by atoms with Crippen molar-refractivity contribution in [3.63, 3.8) is 0 Å². The van der Waals surface area contributed by atoms with Crippen LogP contribution in [-0.2, 0) is 35.0 Å². The highest BCUT2D eigenvalue weighted by Gasteiger charge is 2.47. The number of aliphatic hydroxyl groups is 1. The molecule has 0 aliphatic carbocycles. The van der Waals surface area contributed by atoms with Crippen LogP contribution >= 0.6 is 0 Å². The van der Waals surface area contributed by atoms with E-state index in [0.29, 0.717) is 18.8 Å². The van der Waals surface area contributed by atoms with Crippen LogP contribution in [0.15, 0.2) is 29.7 Å². The summed E-state index contributed by atoms with van der Waals surface area (Å²) in [6.45, 7) is 16.1. The second kappa shape index (κ2) is 28.3. The quantitative estimate of drug-likeness (QED) is 0.0411. The summed E-state index contributed by atoms with van der Waals surface area (Å²) in [5.41, 5.74) is 1.04. The molecule has 4 rings (SSSR count). The van der Waals surface area contributed by atoms with Gasteiger partial charge in [0.25, 0.3) is 0 Å². The fraction of sp³-hybridized carbons (Fsp3) is 0.815.